The summed E-state index contributed by atoms with van der Waals surface area (Å²) in [6.07, 6.45) is 4.54. The normalized spacial score (nSPS) is 17.3. The van der Waals surface area contributed by atoms with Crippen molar-refractivity contribution in [2.45, 2.75) is 18.8 Å². The van der Waals surface area contributed by atoms with Gasteiger partial charge in [0.25, 0.3) is 0 Å². The van der Waals surface area contributed by atoms with Gasteiger partial charge in [-0.05, 0) is 12.8 Å². The highest BCUT2D eigenvalue weighted by atomic mass is 32.1. The molecule has 5 heteroatoms. The molecule has 0 amide bonds. The minimum absolute atomic E-state index is 0.583. The van der Waals surface area contributed by atoms with E-state index in [4.69, 9.17) is 5.73 Å². The van der Waals surface area contributed by atoms with Gasteiger partial charge < -0.3 is 5.73 Å². The quantitative estimate of drug-likeness (QED) is 0.718. The largest absolute Gasteiger partial charge is 0.374 e. The topological polar surface area (TPSA) is 56.2 Å². The van der Waals surface area contributed by atoms with Crippen LogP contribution in [0, 0.1) is 0 Å². The van der Waals surface area contributed by atoms with E-state index in [-0.39, 0.29) is 0 Å². The van der Waals surface area contributed by atoms with E-state index in [2.05, 4.69) is 10.1 Å². The second-order valence-electron chi connectivity index (χ2n) is 3.11. The van der Waals surface area contributed by atoms with Crippen LogP contribution in [0.4, 0.5) is 5.13 Å². The average Bonchev–Trinajstić information content (AvgIpc) is 2.69. The summed E-state index contributed by atoms with van der Waals surface area (Å²) in [6.45, 7) is 0. The SMILES string of the molecule is Nc1nn2cc(C3CC3)nc2s1. The van der Waals surface area contributed by atoms with Gasteiger partial charge in [-0.15, -0.1) is 5.10 Å². The molecule has 62 valence electrons. The lowest BCUT2D eigenvalue weighted by molar-refractivity contribution is 0.967. The van der Waals surface area contributed by atoms with Crippen LogP contribution in [0.1, 0.15) is 24.5 Å². The molecule has 12 heavy (non-hydrogen) atoms. The summed E-state index contributed by atoms with van der Waals surface area (Å²) < 4.78 is 1.77. The summed E-state index contributed by atoms with van der Waals surface area (Å²) in [5.74, 6) is 0.695. The van der Waals surface area contributed by atoms with Crippen molar-refractivity contribution in [2.24, 2.45) is 0 Å². The molecule has 0 bridgehead atoms. The molecule has 1 fully saturated rings. The fourth-order valence-electron chi connectivity index (χ4n) is 1.31. The van der Waals surface area contributed by atoms with E-state index >= 15 is 0 Å². The first-order valence-electron chi connectivity index (χ1n) is 3.94. The number of anilines is 1. The van der Waals surface area contributed by atoms with Crippen molar-refractivity contribution in [3.8, 4) is 0 Å². The molecular formula is C7H8N4S. The number of hydrogen-bond donors (Lipinski definition) is 1. The van der Waals surface area contributed by atoms with Gasteiger partial charge in [0.15, 0.2) is 0 Å². The van der Waals surface area contributed by atoms with Crippen LogP contribution in [0.2, 0.25) is 0 Å². The molecule has 2 aromatic rings. The Kier molecular flexibility index (Phi) is 1.06. The highest BCUT2D eigenvalue weighted by Gasteiger charge is 2.26. The Balaban J connectivity index is 2.18. The molecule has 1 saturated carbocycles. The molecule has 0 radical (unpaired) electrons. The lowest BCUT2D eigenvalue weighted by atomic mass is 10.3. The van der Waals surface area contributed by atoms with E-state index in [1.54, 1.807) is 4.52 Å². The first-order chi connectivity index (χ1) is 5.83. The highest BCUT2D eigenvalue weighted by molar-refractivity contribution is 7.20. The predicted octanol–water partition coefficient (Wildman–Crippen LogP) is 1.25. The number of imidazole rings is 1. The summed E-state index contributed by atoms with van der Waals surface area (Å²) in [7, 11) is 0. The van der Waals surface area contributed by atoms with E-state index in [9.17, 15) is 0 Å². The maximum atomic E-state index is 5.52. The van der Waals surface area contributed by atoms with Crippen LogP contribution in [0.3, 0.4) is 0 Å². The number of hydrogen-bond acceptors (Lipinski definition) is 4. The van der Waals surface area contributed by atoms with Crippen molar-refractivity contribution in [1.29, 1.82) is 0 Å². The van der Waals surface area contributed by atoms with Crippen LogP contribution in [0.5, 0.6) is 0 Å². The van der Waals surface area contributed by atoms with Gasteiger partial charge >= 0.3 is 0 Å². The minimum atomic E-state index is 0.583. The van der Waals surface area contributed by atoms with Crippen LogP contribution in [-0.2, 0) is 0 Å². The molecular weight excluding hydrogens is 172 g/mol. The molecule has 1 aliphatic carbocycles. The molecule has 0 atom stereocenters. The molecule has 2 aromatic heterocycles. The first-order valence-corrected chi connectivity index (χ1v) is 4.76. The number of fused-ring (bicyclic) bond motifs is 1. The molecule has 0 aromatic carbocycles. The maximum Gasteiger partial charge on any atom is 0.214 e. The van der Waals surface area contributed by atoms with E-state index < -0.39 is 0 Å². The third kappa shape index (κ3) is 0.828. The van der Waals surface area contributed by atoms with Crippen LogP contribution in [-0.4, -0.2) is 14.6 Å². The number of nitrogens with zero attached hydrogens (tertiary/aromatic N) is 3. The van der Waals surface area contributed by atoms with E-state index in [1.807, 2.05) is 6.20 Å². The first kappa shape index (κ1) is 6.42. The van der Waals surface area contributed by atoms with Gasteiger partial charge in [-0.2, -0.15) is 0 Å². The monoisotopic (exact) mass is 180 g/mol. The third-order valence-electron chi connectivity index (χ3n) is 2.07. The molecule has 0 aliphatic heterocycles. The Morgan fingerprint density at radius 2 is 2.42 bits per heavy atom. The fraction of sp³-hybridized carbons (Fsp3) is 0.429. The number of nitrogens with two attached hydrogens (primary N) is 1. The van der Waals surface area contributed by atoms with Crippen molar-refractivity contribution in [3.05, 3.63) is 11.9 Å². The van der Waals surface area contributed by atoms with Crippen LogP contribution in [0.25, 0.3) is 4.96 Å². The van der Waals surface area contributed by atoms with Gasteiger partial charge in [-0.1, -0.05) is 11.3 Å². The lowest BCUT2D eigenvalue weighted by Gasteiger charge is -1.83. The van der Waals surface area contributed by atoms with Crippen LogP contribution >= 0.6 is 11.3 Å². The zero-order chi connectivity index (χ0) is 8.13. The van der Waals surface area contributed by atoms with Gasteiger partial charge in [-0.3, -0.25) is 0 Å². The third-order valence-corrected chi connectivity index (χ3v) is 2.82. The fourth-order valence-corrected chi connectivity index (χ4v) is 1.96. The van der Waals surface area contributed by atoms with Gasteiger partial charge in [0.1, 0.15) is 0 Å². The molecule has 1 aliphatic rings. The van der Waals surface area contributed by atoms with Crippen LogP contribution < -0.4 is 5.73 Å². The molecule has 3 rings (SSSR count). The summed E-state index contributed by atoms with van der Waals surface area (Å²) >= 11 is 1.44. The smallest absolute Gasteiger partial charge is 0.214 e. The Morgan fingerprint density at radius 1 is 1.58 bits per heavy atom. The molecule has 0 saturated heterocycles. The standard InChI is InChI=1S/C7H8N4S/c8-6-10-11-3-5(4-1-2-4)9-7(11)12-6/h3-4H,1-2H2,(H2,8,10). The molecule has 0 unspecified atom stereocenters. The summed E-state index contributed by atoms with van der Waals surface area (Å²) in [5.41, 5.74) is 6.70. The van der Waals surface area contributed by atoms with Crippen molar-refractivity contribution in [3.63, 3.8) is 0 Å². The summed E-state index contributed by atoms with van der Waals surface area (Å²) in [4.78, 5) is 5.35. The van der Waals surface area contributed by atoms with Crippen molar-refractivity contribution < 1.29 is 0 Å². The van der Waals surface area contributed by atoms with Crippen molar-refractivity contribution in [1.82, 2.24) is 14.6 Å². The summed E-state index contributed by atoms with van der Waals surface area (Å²) in [6, 6.07) is 0. The number of aromatic nitrogens is 3. The molecule has 4 nitrogen and oxygen atoms in total. The van der Waals surface area contributed by atoms with Crippen molar-refractivity contribution in [2.75, 3.05) is 5.73 Å². The second-order valence-corrected chi connectivity index (χ2v) is 4.10. The molecule has 0 spiro atoms. The lowest BCUT2D eigenvalue weighted by Crippen LogP contribution is -1.85. The Labute approximate surface area is 73.0 Å². The van der Waals surface area contributed by atoms with Gasteiger partial charge in [-0.25, -0.2) is 9.50 Å². The molecule has 2 N–H and O–H groups in total. The molecule has 2 heterocycles. The van der Waals surface area contributed by atoms with E-state index in [0.717, 1.165) is 4.96 Å². The van der Waals surface area contributed by atoms with Gasteiger partial charge in [0.05, 0.1) is 11.9 Å². The van der Waals surface area contributed by atoms with Gasteiger partial charge in [0, 0.05) is 5.92 Å². The Bertz CT molecular complexity index is 394. The second kappa shape index (κ2) is 1.98. The number of rotatable bonds is 1. The van der Waals surface area contributed by atoms with Crippen LogP contribution in [0.15, 0.2) is 6.20 Å². The number of nitrogen functional groups attached to an aromatic ring is 1. The van der Waals surface area contributed by atoms with E-state index in [1.165, 1.54) is 29.9 Å². The predicted molar refractivity (Wildman–Crippen MR) is 47.3 cm³/mol. The van der Waals surface area contributed by atoms with E-state index in [0.29, 0.717) is 11.0 Å². The maximum absolute atomic E-state index is 5.52. The Morgan fingerprint density at radius 3 is 3.08 bits per heavy atom. The van der Waals surface area contributed by atoms with Gasteiger partial charge in [0.2, 0.25) is 10.1 Å². The Hall–Kier alpha value is -1.10. The highest BCUT2D eigenvalue weighted by Crippen LogP contribution is 2.39. The summed E-state index contributed by atoms with van der Waals surface area (Å²) in [5, 5.41) is 4.68. The average molecular weight is 180 g/mol. The minimum Gasteiger partial charge on any atom is -0.374 e. The zero-order valence-corrected chi connectivity index (χ0v) is 7.21. The zero-order valence-electron chi connectivity index (χ0n) is 6.40. The van der Waals surface area contributed by atoms with Crippen molar-refractivity contribution >= 4 is 21.4 Å².